The number of ether oxygens (including phenoxy) is 1. The lowest BCUT2D eigenvalue weighted by Gasteiger charge is -2.26. The lowest BCUT2D eigenvalue weighted by Crippen LogP contribution is -2.33. The van der Waals surface area contributed by atoms with Gasteiger partial charge in [-0.25, -0.2) is 0 Å². The zero-order valence-corrected chi connectivity index (χ0v) is 18.8. The monoisotopic (exact) mass is 479 g/mol. The van der Waals surface area contributed by atoms with Gasteiger partial charge in [0.2, 0.25) is 0 Å². The number of nitrogens with zero attached hydrogens (tertiary/aromatic N) is 2. The van der Waals surface area contributed by atoms with Crippen molar-refractivity contribution >= 4 is 34.6 Å². The summed E-state index contributed by atoms with van der Waals surface area (Å²) in [6, 6.07) is 14.9. The highest BCUT2D eigenvalue weighted by Crippen LogP contribution is 2.36. The highest BCUT2D eigenvalue weighted by atomic mass is 35.5. The second kappa shape index (κ2) is 10.7. The van der Waals surface area contributed by atoms with Gasteiger partial charge in [-0.1, -0.05) is 29.8 Å². The molecule has 3 rings (SSSR count). The summed E-state index contributed by atoms with van der Waals surface area (Å²) in [5.41, 5.74) is 1.41. The Morgan fingerprint density at radius 2 is 1.81 bits per heavy atom. The fourth-order valence-electron chi connectivity index (χ4n) is 3.01. The van der Waals surface area contributed by atoms with Gasteiger partial charge in [0, 0.05) is 31.2 Å². The van der Waals surface area contributed by atoms with E-state index in [0.717, 1.165) is 22.9 Å². The molecule has 168 valence electrons. The van der Waals surface area contributed by atoms with Crippen molar-refractivity contribution in [1.82, 2.24) is 9.88 Å². The van der Waals surface area contributed by atoms with Gasteiger partial charge in [-0.2, -0.15) is 13.2 Å². The smallest absolute Gasteiger partial charge is 0.417 e. The van der Waals surface area contributed by atoms with E-state index in [-0.39, 0.29) is 0 Å². The Morgan fingerprint density at radius 3 is 2.41 bits per heavy atom. The first kappa shape index (κ1) is 23.8. The normalized spacial score (nSPS) is 11.2. The number of alkyl halides is 3. The Hall–Kier alpha value is -2.84. The summed E-state index contributed by atoms with van der Waals surface area (Å²) in [6.45, 7) is 3.43. The molecule has 0 fully saturated rings. The van der Waals surface area contributed by atoms with E-state index in [4.69, 9.17) is 28.6 Å². The second-order valence-corrected chi connectivity index (χ2v) is 7.71. The minimum Gasteiger partial charge on any atom is -0.494 e. The van der Waals surface area contributed by atoms with Crippen molar-refractivity contribution in [2.75, 3.05) is 11.9 Å². The molecule has 1 aromatic heterocycles. The van der Waals surface area contributed by atoms with Crippen LogP contribution < -0.4 is 10.1 Å². The number of nitrogens with one attached hydrogen (secondary N) is 1. The van der Waals surface area contributed by atoms with E-state index in [0.29, 0.717) is 30.5 Å². The highest BCUT2D eigenvalue weighted by molar-refractivity contribution is 7.80. The van der Waals surface area contributed by atoms with Crippen LogP contribution >= 0.6 is 23.8 Å². The van der Waals surface area contributed by atoms with E-state index in [2.05, 4.69) is 10.3 Å². The standard InChI is InChI=1S/C23H21ClF3N3OS/c1-2-31-19-8-5-16(6-9-19)14-30(15-17-4-3-11-28-13-17)22(32)29-18-7-10-20(21(24)12-18)23(25,26)27/h3-13H,2,14-15H2,1H3,(H,29,32). The number of benzene rings is 2. The van der Waals surface area contributed by atoms with Crippen LogP contribution in [0.5, 0.6) is 5.75 Å². The Morgan fingerprint density at radius 1 is 1.09 bits per heavy atom. The Bertz CT molecular complexity index is 1050. The topological polar surface area (TPSA) is 37.4 Å². The molecule has 9 heteroatoms. The first-order chi connectivity index (χ1) is 15.3. The van der Waals surface area contributed by atoms with Crippen molar-refractivity contribution < 1.29 is 17.9 Å². The molecule has 0 bridgehead atoms. The SMILES string of the molecule is CCOc1ccc(CN(Cc2cccnc2)C(=S)Nc2ccc(C(F)(F)F)c(Cl)c2)cc1. The van der Waals surface area contributed by atoms with Crippen LogP contribution in [0.2, 0.25) is 5.02 Å². The fraction of sp³-hybridized carbons (Fsp3) is 0.217. The van der Waals surface area contributed by atoms with E-state index in [1.54, 1.807) is 12.4 Å². The van der Waals surface area contributed by atoms with E-state index in [9.17, 15) is 13.2 Å². The fourth-order valence-corrected chi connectivity index (χ4v) is 3.55. The van der Waals surface area contributed by atoms with Crippen LogP contribution in [-0.2, 0) is 19.3 Å². The van der Waals surface area contributed by atoms with Crippen molar-refractivity contribution in [2.24, 2.45) is 0 Å². The molecule has 0 spiro atoms. The minimum absolute atomic E-state index is 0.346. The van der Waals surface area contributed by atoms with Gasteiger partial charge in [0.1, 0.15) is 5.75 Å². The summed E-state index contributed by atoms with van der Waals surface area (Å²) in [5.74, 6) is 0.773. The molecule has 1 N–H and O–H groups in total. The highest BCUT2D eigenvalue weighted by Gasteiger charge is 2.33. The number of thiocarbonyl (C=S) groups is 1. The Kier molecular flexibility index (Phi) is 7.93. The molecule has 2 aromatic carbocycles. The molecule has 0 unspecified atom stereocenters. The van der Waals surface area contributed by atoms with Gasteiger partial charge in [-0.3, -0.25) is 4.98 Å². The van der Waals surface area contributed by atoms with Crippen molar-refractivity contribution in [1.29, 1.82) is 0 Å². The molecule has 1 heterocycles. The molecule has 0 saturated heterocycles. The molecule has 0 aliphatic carbocycles. The van der Waals surface area contributed by atoms with Gasteiger partial charge in [-0.05, 0) is 66.7 Å². The molecule has 3 aromatic rings. The third kappa shape index (κ3) is 6.58. The van der Waals surface area contributed by atoms with Crippen molar-refractivity contribution in [3.05, 3.63) is 88.7 Å². The van der Waals surface area contributed by atoms with Gasteiger partial charge in [0.25, 0.3) is 0 Å². The minimum atomic E-state index is -4.52. The molecule has 4 nitrogen and oxygen atoms in total. The molecule has 0 aliphatic heterocycles. The molecule has 0 aliphatic rings. The van der Waals surface area contributed by atoms with E-state index in [1.165, 1.54) is 12.1 Å². The van der Waals surface area contributed by atoms with Gasteiger partial charge in [-0.15, -0.1) is 0 Å². The number of rotatable bonds is 7. The zero-order valence-electron chi connectivity index (χ0n) is 17.2. The predicted octanol–water partition coefficient (Wildman–Crippen LogP) is 6.55. The number of hydrogen-bond acceptors (Lipinski definition) is 3. The van der Waals surface area contributed by atoms with E-state index >= 15 is 0 Å². The number of aromatic nitrogens is 1. The third-order valence-electron chi connectivity index (χ3n) is 4.52. The van der Waals surface area contributed by atoms with Crippen molar-refractivity contribution in [3.63, 3.8) is 0 Å². The maximum atomic E-state index is 13.0. The summed E-state index contributed by atoms with van der Waals surface area (Å²) >= 11 is 11.4. The van der Waals surface area contributed by atoms with E-state index < -0.39 is 16.8 Å². The van der Waals surface area contributed by atoms with Gasteiger partial charge >= 0.3 is 6.18 Å². The maximum Gasteiger partial charge on any atom is 0.417 e. The molecule has 0 amide bonds. The van der Waals surface area contributed by atoms with Gasteiger partial charge < -0.3 is 15.0 Å². The largest absolute Gasteiger partial charge is 0.494 e. The van der Waals surface area contributed by atoms with Gasteiger partial charge in [0.05, 0.1) is 17.2 Å². The molecule has 32 heavy (non-hydrogen) atoms. The number of pyridine rings is 1. The number of anilines is 1. The van der Waals surface area contributed by atoms with Crippen molar-refractivity contribution in [2.45, 2.75) is 26.2 Å². The van der Waals surface area contributed by atoms with Crippen molar-refractivity contribution in [3.8, 4) is 5.75 Å². The summed E-state index contributed by atoms with van der Waals surface area (Å²) in [4.78, 5) is 6.03. The lowest BCUT2D eigenvalue weighted by atomic mass is 10.2. The van der Waals surface area contributed by atoms with Crippen LogP contribution in [0.15, 0.2) is 67.0 Å². The maximum absolute atomic E-state index is 13.0. The average molecular weight is 480 g/mol. The number of halogens is 4. The zero-order chi connectivity index (χ0) is 23.1. The quantitative estimate of drug-likeness (QED) is 0.389. The van der Waals surface area contributed by atoms with Crippen LogP contribution in [0.4, 0.5) is 18.9 Å². The van der Waals surface area contributed by atoms with Crippen LogP contribution in [0.25, 0.3) is 0 Å². The third-order valence-corrected chi connectivity index (χ3v) is 5.19. The van der Waals surface area contributed by atoms with Crippen LogP contribution in [0, 0.1) is 0 Å². The first-order valence-corrected chi connectivity index (χ1v) is 10.6. The van der Waals surface area contributed by atoms with Gasteiger partial charge in [0.15, 0.2) is 5.11 Å². The summed E-state index contributed by atoms with van der Waals surface area (Å²) < 4.78 is 44.4. The second-order valence-electron chi connectivity index (χ2n) is 6.92. The van der Waals surface area contributed by atoms with Crippen LogP contribution in [0.3, 0.4) is 0 Å². The van der Waals surface area contributed by atoms with Crippen LogP contribution in [-0.4, -0.2) is 21.6 Å². The number of hydrogen-bond donors (Lipinski definition) is 1. The predicted molar refractivity (Wildman–Crippen MR) is 124 cm³/mol. The molecule has 0 saturated carbocycles. The summed E-state index contributed by atoms with van der Waals surface area (Å²) in [6.07, 6.45) is -1.10. The summed E-state index contributed by atoms with van der Waals surface area (Å²) in [5, 5.41) is 2.95. The molecule has 0 radical (unpaired) electrons. The average Bonchev–Trinajstić information content (AvgIpc) is 2.74. The first-order valence-electron chi connectivity index (χ1n) is 9.79. The Labute approximate surface area is 195 Å². The van der Waals surface area contributed by atoms with E-state index in [1.807, 2.05) is 48.2 Å². The molecule has 0 atom stereocenters. The van der Waals surface area contributed by atoms with Crippen LogP contribution in [0.1, 0.15) is 23.6 Å². The molecular weight excluding hydrogens is 459 g/mol. The summed E-state index contributed by atoms with van der Waals surface area (Å²) in [7, 11) is 0. The molecular formula is C23H21ClF3N3OS. The lowest BCUT2D eigenvalue weighted by molar-refractivity contribution is -0.137. The Balaban J connectivity index is 1.79.